The van der Waals surface area contributed by atoms with E-state index in [1.807, 2.05) is 0 Å². The van der Waals surface area contributed by atoms with Gasteiger partial charge in [-0.2, -0.15) is 0 Å². The van der Waals surface area contributed by atoms with Crippen LogP contribution in [0.5, 0.6) is 0 Å². The average molecular weight is 423 g/mol. The fourth-order valence-corrected chi connectivity index (χ4v) is 19.3. The molecule has 0 aliphatic carbocycles. The van der Waals surface area contributed by atoms with E-state index in [0.29, 0.717) is 0 Å². The van der Waals surface area contributed by atoms with Crippen molar-refractivity contribution in [2.24, 2.45) is 0 Å². The van der Waals surface area contributed by atoms with Crippen molar-refractivity contribution >= 4 is 22.0 Å². The Kier molecular flexibility index (Phi) is 10.2. The molecule has 0 radical (unpaired) electrons. The molecule has 130 valence electrons. The molecule has 23 heavy (non-hydrogen) atoms. The zero-order valence-corrected chi connectivity index (χ0v) is 18.4. The van der Waals surface area contributed by atoms with E-state index in [2.05, 4.69) is 51.6 Å². The molecule has 0 spiro atoms. The Morgan fingerprint density at radius 3 is 1.65 bits per heavy atom. The van der Waals surface area contributed by atoms with E-state index in [9.17, 15) is 5.11 Å². The fraction of sp³-hybridized carbons (Fsp3) is 0.619. The number of hydrogen-bond acceptors (Lipinski definition) is 1. The first kappa shape index (κ1) is 20.8. The Labute approximate surface area is 148 Å². The minimum atomic E-state index is -2.38. The first-order valence-electron chi connectivity index (χ1n) is 9.53. The third-order valence-electron chi connectivity index (χ3n) is 5.15. The van der Waals surface area contributed by atoms with Crippen molar-refractivity contribution < 1.29 is 5.11 Å². The normalized spacial score (nSPS) is 11.7. The summed E-state index contributed by atoms with van der Waals surface area (Å²) in [6.45, 7) is 11.7. The van der Waals surface area contributed by atoms with Crippen LogP contribution < -0.4 is 0 Å². The van der Waals surface area contributed by atoms with Gasteiger partial charge in [-0.15, -0.1) is 0 Å². The van der Waals surface area contributed by atoms with Crippen molar-refractivity contribution in [3.8, 4) is 0 Å². The van der Waals surface area contributed by atoms with Gasteiger partial charge in [0.05, 0.1) is 0 Å². The van der Waals surface area contributed by atoms with Gasteiger partial charge in [0.1, 0.15) is 0 Å². The Hall–Kier alpha value is -0.281. The van der Waals surface area contributed by atoms with Gasteiger partial charge in [0, 0.05) is 0 Å². The molecule has 2 heteroatoms. The predicted octanol–water partition coefficient (Wildman–Crippen LogP) is 6.58. The third-order valence-corrected chi connectivity index (χ3v) is 20.9. The van der Waals surface area contributed by atoms with E-state index in [1.165, 1.54) is 61.0 Å². The molecular formula is C21H36OSn. The van der Waals surface area contributed by atoms with Crippen molar-refractivity contribution in [3.63, 3.8) is 0 Å². The topological polar surface area (TPSA) is 20.2 Å². The standard InChI is InChI=1S/C9H9O.3C4H9.Sn/c1-2-8-3-5-9(7-10)6-4-8;3*1-3-4-2;/h3-6,10H,1,7H2;3*1,3-4H2,2H3;. The maximum atomic E-state index is 9.27. The number of hydrogen-bond donors (Lipinski definition) is 1. The van der Waals surface area contributed by atoms with Crippen molar-refractivity contribution in [1.82, 2.24) is 0 Å². The van der Waals surface area contributed by atoms with Crippen molar-refractivity contribution in [2.75, 3.05) is 0 Å². The monoisotopic (exact) mass is 424 g/mol. The maximum absolute atomic E-state index is 9.27. The summed E-state index contributed by atoms with van der Waals surface area (Å²) in [4.78, 5) is 0. The molecule has 0 unspecified atom stereocenters. The summed E-state index contributed by atoms with van der Waals surface area (Å²) < 4.78 is 5.92. The van der Waals surface area contributed by atoms with Crippen molar-refractivity contribution in [3.05, 3.63) is 42.0 Å². The molecule has 0 aromatic heterocycles. The summed E-state index contributed by atoms with van der Waals surface area (Å²) in [7, 11) is 0. The molecule has 1 nitrogen and oxygen atoms in total. The summed E-state index contributed by atoms with van der Waals surface area (Å²) in [5, 5.41) is 9.27. The first-order chi connectivity index (χ1) is 11.1. The zero-order chi connectivity index (χ0) is 17.1. The summed E-state index contributed by atoms with van der Waals surface area (Å²) >= 11 is -2.38. The summed E-state index contributed by atoms with van der Waals surface area (Å²) in [5.41, 5.74) is 2.35. The van der Waals surface area contributed by atoms with Crippen molar-refractivity contribution in [2.45, 2.75) is 79.2 Å². The molecule has 0 aliphatic rings. The Morgan fingerprint density at radius 1 is 0.870 bits per heavy atom. The molecule has 0 fully saturated rings. The van der Waals surface area contributed by atoms with Gasteiger partial charge in [0.15, 0.2) is 0 Å². The first-order valence-corrected chi connectivity index (χ1v) is 17.0. The molecule has 0 aliphatic heterocycles. The van der Waals surface area contributed by atoms with Crippen LogP contribution in [-0.4, -0.2) is 23.5 Å². The molecule has 0 saturated carbocycles. The number of aliphatic hydroxyl groups excluding tert-OH is 1. The second-order valence-electron chi connectivity index (χ2n) is 6.92. The third kappa shape index (κ3) is 6.26. The van der Waals surface area contributed by atoms with E-state index < -0.39 is 18.4 Å². The van der Waals surface area contributed by atoms with Crippen LogP contribution in [0.15, 0.2) is 30.8 Å². The van der Waals surface area contributed by atoms with E-state index in [1.54, 1.807) is 0 Å². The molecule has 1 N–H and O–H groups in total. The van der Waals surface area contributed by atoms with Gasteiger partial charge >= 0.3 is 148 Å². The summed E-state index contributed by atoms with van der Waals surface area (Å²) in [6.07, 6.45) is 8.01. The van der Waals surface area contributed by atoms with Crippen LogP contribution in [0, 0.1) is 0 Å². The summed E-state index contributed by atoms with van der Waals surface area (Å²) in [5.74, 6) is 0. The Bertz CT molecular complexity index is 428. The van der Waals surface area contributed by atoms with E-state index >= 15 is 0 Å². The molecule has 0 heterocycles. The predicted molar refractivity (Wildman–Crippen MR) is 106 cm³/mol. The van der Waals surface area contributed by atoms with Gasteiger partial charge in [-0.3, -0.25) is 0 Å². The van der Waals surface area contributed by atoms with Gasteiger partial charge in [0.2, 0.25) is 0 Å². The van der Waals surface area contributed by atoms with Gasteiger partial charge in [-0.05, 0) is 0 Å². The van der Waals surface area contributed by atoms with Crippen molar-refractivity contribution in [1.29, 1.82) is 0 Å². The Balaban J connectivity index is 3.07. The van der Waals surface area contributed by atoms with Crippen LogP contribution in [0.3, 0.4) is 0 Å². The second-order valence-corrected chi connectivity index (χ2v) is 20.2. The number of rotatable bonds is 12. The Morgan fingerprint density at radius 2 is 1.30 bits per heavy atom. The molecule has 0 atom stereocenters. The van der Waals surface area contributed by atoms with Gasteiger partial charge < -0.3 is 0 Å². The van der Waals surface area contributed by atoms with Crippen LogP contribution in [0.4, 0.5) is 0 Å². The molecule has 1 aromatic carbocycles. The van der Waals surface area contributed by atoms with Crippen LogP contribution in [-0.2, 0) is 6.61 Å². The van der Waals surface area contributed by atoms with E-state index in [4.69, 9.17) is 0 Å². The number of benzene rings is 1. The molecular weight excluding hydrogens is 387 g/mol. The quantitative estimate of drug-likeness (QED) is 0.377. The number of aliphatic hydroxyl groups is 1. The molecule has 1 aromatic rings. The second kappa shape index (κ2) is 11.3. The SMILES string of the molecule is C=[C](c1ccc(CO)cc1)[Sn]([CH2]CCC)([CH2]CCC)[CH2]CCC. The van der Waals surface area contributed by atoms with Crippen LogP contribution in [0.1, 0.15) is 70.4 Å². The van der Waals surface area contributed by atoms with Gasteiger partial charge in [-0.1, -0.05) is 0 Å². The van der Waals surface area contributed by atoms with Crippen LogP contribution in [0.25, 0.3) is 3.59 Å². The molecule has 0 amide bonds. The fourth-order valence-electron chi connectivity index (χ4n) is 3.49. The summed E-state index contributed by atoms with van der Waals surface area (Å²) in [6, 6.07) is 8.53. The van der Waals surface area contributed by atoms with Gasteiger partial charge in [0.25, 0.3) is 0 Å². The average Bonchev–Trinajstić information content (AvgIpc) is 2.61. The minimum absolute atomic E-state index is 0.128. The zero-order valence-electron chi connectivity index (χ0n) is 15.5. The molecule has 0 saturated heterocycles. The van der Waals surface area contributed by atoms with Crippen LogP contribution in [0.2, 0.25) is 13.3 Å². The molecule has 1 rings (SSSR count). The van der Waals surface area contributed by atoms with Crippen LogP contribution >= 0.6 is 0 Å². The number of unbranched alkanes of at least 4 members (excludes halogenated alkanes) is 3. The molecule has 0 bridgehead atoms. The van der Waals surface area contributed by atoms with Gasteiger partial charge in [-0.25, -0.2) is 0 Å². The van der Waals surface area contributed by atoms with E-state index in [0.717, 1.165) is 5.56 Å². The van der Waals surface area contributed by atoms with E-state index in [-0.39, 0.29) is 6.61 Å².